The molecule has 2 rings (SSSR count). The summed E-state index contributed by atoms with van der Waals surface area (Å²) in [4.78, 5) is 24.7. The zero-order chi connectivity index (χ0) is 15.2. The zero-order valence-electron chi connectivity index (χ0n) is 10.5. The SMILES string of the molecule is O=C(Cn1cnc([N+](=O)[O-])n1)NN=Cc1cccc(Br)c1. The van der Waals surface area contributed by atoms with Gasteiger partial charge in [-0.25, -0.2) is 5.43 Å². The molecule has 1 aromatic heterocycles. The van der Waals surface area contributed by atoms with E-state index in [9.17, 15) is 14.9 Å². The van der Waals surface area contributed by atoms with Crippen molar-refractivity contribution in [3.63, 3.8) is 0 Å². The van der Waals surface area contributed by atoms with Gasteiger partial charge < -0.3 is 10.1 Å². The van der Waals surface area contributed by atoms with Gasteiger partial charge in [0, 0.05) is 9.57 Å². The zero-order valence-corrected chi connectivity index (χ0v) is 12.1. The van der Waals surface area contributed by atoms with Gasteiger partial charge in [-0.2, -0.15) is 9.78 Å². The molecular weight excluding hydrogens is 344 g/mol. The first kappa shape index (κ1) is 14.8. The Morgan fingerprint density at radius 3 is 3.05 bits per heavy atom. The molecule has 10 heteroatoms. The van der Waals surface area contributed by atoms with Gasteiger partial charge in [0.25, 0.3) is 5.91 Å². The number of rotatable bonds is 5. The summed E-state index contributed by atoms with van der Waals surface area (Å²) in [6, 6.07) is 7.35. The third-order valence-corrected chi connectivity index (χ3v) is 2.74. The van der Waals surface area contributed by atoms with Crippen molar-refractivity contribution in [2.24, 2.45) is 5.10 Å². The molecule has 0 saturated carbocycles. The first-order valence-corrected chi connectivity index (χ1v) is 6.45. The minimum Gasteiger partial charge on any atom is -0.390 e. The molecule has 2 aromatic rings. The van der Waals surface area contributed by atoms with Gasteiger partial charge in [-0.15, -0.1) is 0 Å². The molecule has 0 aliphatic carbocycles. The summed E-state index contributed by atoms with van der Waals surface area (Å²) in [6.07, 6.45) is 2.59. The van der Waals surface area contributed by atoms with Crippen molar-refractivity contribution >= 4 is 34.0 Å². The van der Waals surface area contributed by atoms with Crippen molar-refractivity contribution in [3.05, 3.63) is 50.7 Å². The van der Waals surface area contributed by atoms with Crippen LogP contribution < -0.4 is 5.43 Å². The maximum absolute atomic E-state index is 11.6. The molecule has 0 saturated heterocycles. The molecule has 1 heterocycles. The number of carbonyl (C=O) groups excluding carboxylic acids is 1. The summed E-state index contributed by atoms with van der Waals surface area (Å²) in [6.45, 7) is -0.212. The van der Waals surface area contributed by atoms with Gasteiger partial charge in [0.1, 0.15) is 6.54 Å². The minimum absolute atomic E-state index is 0.212. The van der Waals surface area contributed by atoms with Gasteiger partial charge in [-0.3, -0.25) is 4.79 Å². The second kappa shape index (κ2) is 6.70. The first-order chi connectivity index (χ1) is 10.0. The van der Waals surface area contributed by atoms with Crippen LogP contribution in [0.2, 0.25) is 0 Å². The second-order valence-electron chi connectivity index (χ2n) is 3.85. The average molecular weight is 353 g/mol. The van der Waals surface area contributed by atoms with E-state index in [0.717, 1.165) is 21.0 Å². The highest BCUT2D eigenvalue weighted by atomic mass is 79.9. The van der Waals surface area contributed by atoms with E-state index < -0.39 is 16.8 Å². The number of amides is 1. The molecule has 9 nitrogen and oxygen atoms in total. The Labute approximate surface area is 127 Å². The normalized spacial score (nSPS) is 10.7. The highest BCUT2D eigenvalue weighted by Gasteiger charge is 2.14. The van der Waals surface area contributed by atoms with Gasteiger partial charge >= 0.3 is 5.95 Å². The van der Waals surface area contributed by atoms with Gasteiger partial charge in [0.2, 0.25) is 6.33 Å². The maximum Gasteiger partial charge on any atom is 0.490 e. The Kier molecular flexibility index (Phi) is 4.72. The molecule has 0 radical (unpaired) electrons. The van der Waals surface area contributed by atoms with E-state index in [1.54, 1.807) is 0 Å². The van der Waals surface area contributed by atoms with Crippen LogP contribution in [0.4, 0.5) is 5.95 Å². The average Bonchev–Trinajstić information content (AvgIpc) is 2.87. The Morgan fingerprint density at radius 1 is 1.57 bits per heavy atom. The molecule has 0 aliphatic heterocycles. The quantitative estimate of drug-likeness (QED) is 0.491. The number of carbonyl (C=O) groups is 1. The number of aromatic nitrogens is 3. The molecular formula is C11H9BrN6O3. The lowest BCUT2D eigenvalue weighted by Gasteiger charge is -1.97. The molecule has 1 aromatic carbocycles. The van der Waals surface area contributed by atoms with Crippen molar-refractivity contribution in [2.75, 3.05) is 0 Å². The molecule has 0 unspecified atom stereocenters. The molecule has 0 atom stereocenters. The molecule has 0 spiro atoms. The molecule has 0 fully saturated rings. The fourth-order valence-corrected chi connectivity index (χ4v) is 1.81. The van der Waals surface area contributed by atoms with Crippen LogP contribution in [0.25, 0.3) is 0 Å². The third kappa shape index (κ3) is 4.45. The van der Waals surface area contributed by atoms with E-state index in [-0.39, 0.29) is 6.54 Å². The van der Waals surface area contributed by atoms with Crippen LogP contribution in [0.3, 0.4) is 0 Å². The minimum atomic E-state index is -0.736. The van der Waals surface area contributed by atoms with Gasteiger partial charge in [0.15, 0.2) is 0 Å². The number of hydrogen-bond donors (Lipinski definition) is 1. The van der Waals surface area contributed by atoms with Crippen molar-refractivity contribution in [2.45, 2.75) is 6.54 Å². The van der Waals surface area contributed by atoms with Crippen LogP contribution in [-0.4, -0.2) is 31.8 Å². The number of hydrazone groups is 1. The van der Waals surface area contributed by atoms with Crippen LogP contribution >= 0.6 is 15.9 Å². The van der Waals surface area contributed by atoms with E-state index in [1.165, 1.54) is 6.21 Å². The maximum atomic E-state index is 11.6. The van der Waals surface area contributed by atoms with E-state index in [1.807, 2.05) is 24.3 Å². The number of nitrogens with one attached hydrogen (secondary N) is 1. The predicted molar refractivity (Wildman–Crippen MR) is 76.6 cm³/mol. The summed E-state index contributed by atoms with van der Waals surface area (Å²) in [5.74, 6) is -1.03. The van der Waals surface area contributed by atoms with Gasteiger partial charge in [0.05, 0.1) is 6.21 Å². The number of nitro groups is 1. The van der Waals surface area contributed by atoms with Crippen molar-refractivity contribution < 1.29 is 9.72 Å². The summed E-state index contributed by atoms with van der Waals surface area (Å²) < 4.78 is 1.95. The Hall–Kier alpha value is -2.62. The lowest BCUT2D eigenvalue weighted by atomic mass is 10.2. The van der Waals surface area contributed by atoms with E-state index in [0.29, 0.717) is 0 Å². The molecule has 1 N–H and O–H groups in total. The van der Waals surface area contributed by atoms with Crippen LogP contribution in [0.5, 0.6) is 0 Å². The fraction of sp³-hybridized carbons (Fsp3) is 0.0909. The molecule has 0 aliphatic rings. The topological polar surface area (TPSA) is 115 Å². The fourth-order valence-electron chi connectivity index (χ4n) is 1.39. The highest BCUT2D eigenvalue weighted by molar-refractivity contribution is 9.10. The van der Waals surface area contributed by atoms with Crippen molar-refractivity contribution in [1.82, 2.24) is 20.2 Å². The van der Waals surface area contributed by atoms with Crippen LogP contribution in [0.1, 0.15) is 5.56 Å². The van der Waals surface area contributed by atoms with Crippen molar-refractivity contribution in [3.8, 4) is 0 Å². The lowest BCUT2D eigenvalue weighted by molar-refractivity contribution is -0.394. The summed E-state index contributed by atoms with van der Waals surface area (Å²) in [5.41, 5.74) is 3.10. The van der Waals surface area contributed by atoms with E-state index in [2.05, 4.69) is 36.5 Å². The van der Waals surface area contributed by atoms with Gasteiger partial charge in [-0.05, 0) is 22.6 Å². The van der Waals surface area contributed by atoms with Crippen molar-refractivity contribution in [1.29, 1.82) is 0 Å². The summed E-state index contributed by atoms with van der Waals surface area (Å²) in [7, 11) is 0. The van der Waals surface area contributed by atoms with Crippen LogP contribution in [-0.2, 0) is 11.3 Å². The third-order valence-electron chi connectivity index (χ3n) is 2.24. The van der Waals surface area contributed by atoms with Crippen LogP contribution in [0, 0.1) is 10.1 Å². The number of benzene rings is 1. The smallest absolute Gasteiger partial charge is 0.390 e. The molecule has 1 amide bonds. The Bertz CT molecular complexity index is 699. The number of nitrogens with zero attached hydrogens (tertiary/aromatic N) is 5. The monoisotopic (exact) mass is 352 g/mol. The van der Waals surface area contributed by atoms with Crippen LogP contribution in [0.15, 0.2) is 40.2 Å². The van der Waals surface area contributed by atoms with E-state index >= 15 is 0 Å². The van der Waals surface area contributed by atoms with E-state index in [4.69, 9.17) is 0 Å². The predicted octanol–water partition coefficient (Wildman–Crippen LogP) is 1.10. The second-order valence-corrected chi connectivity index (χ2v) is 4.76. The standard InChI is InChI=1S/C11H9BrN6O3/c12-9-3-1-2-8(4-9)5-14-15-10(19)6-17-7-13-11(16-17)18(20)21/h1-5,7H,6H2,(H,15,19). The number of halogens is 1. The summed E-state index contributed by atoms with van der Waals surface area (Å²) in [5, 5.41) is 17.7. The molecule has 21 heavy (non-hydrogen) atoms. The first-order valence-electron chi connectivity index (χ1n) is 5.66. The molecule has 108 valence electrons. The highest BCUT2D eigenvalue weighted by Crippen LogP contribution is 2.09. The Morgan fingerprint density at radius 2 is 2.38 bits per heavy atom. The lowest BCUT2D eigenvalue weighted by Crippen LogP contribution is -2.23. The number of hydrogen-bond acceptors (Lipinski definition) is 6. The molecule has 0 bridgehead atoms. The largest absolute Gasteiger partial charge is 0.490 e. The van der Waals surface area contributed by atoms with Gasteiger partial charge in [-0.1, -0.05) is 33.0 Å². The Balaban J connectivity index is 1.88. The summed E-state index contributed by atoms with van der Waals surface area (Å²) >= 11 is 3.32.